The number of carbonyl (C=O) groups excluding carboxylic acids is 2. The molecular weight excluding hydrogens is 478 g/mol. The van der Waals surface area contributed by atoms with Gasteiger partial charge < -0.3 is 20.2 Å². The van der Waals surface area contributed by atoms with Crippen LogP contribution in [0.4, 0.5) is 0 Å². The Bertz CT molecular complexity index is 1000. The molecule has 3 aromatic heterocycles. The van der Waals surface area contributed by atoms with Crippen molar-refractivity contribution in [3.8, 4) is 0 Å². The van der Waals surface area contributed by atoms with E-state index in [1.807, 2.05) is 0 Å². The van der Waals surface area contributed by atoms with Gasteiger partial charge in [0.15, 0.2) is 0 Å². The van der Waals surface area contributed by atoms with Crippen molar-refractivity contribution in [1.82, 2.24) is 45.2 Å². The van der Waals surface area contributed by atoms with E-state index in [1.165, 1.54) is 11.3 Å². The van der Waals surface area contributed by atoms with Gasteiger partial charge in [-0.15, -0.1) is 21.5 Å². The van der Waals surface area contributed by atoms with Gasteiger partial charge in [0.2, 0.25) is 11.8 Å². The number of H-pyrrole nitrogens is 2. The van der Waals surface area contributed by atoms with Gasteiger partial charge in [0.25, 0.3) is 0 Å². The van der Waals surface area contributed by atoms with E-state index >= 15 is 0 Å². The molecule has 0 saturated carbocycles. The van der Waals surface area contributed by atoms with E-state index in [0.717, 1.165) is 19.4 Å². The van der Waals surface area contributed by atoms with E-state index in [0.29, 0.717) is 53.4 Å². The number of imidazole rings is 2. The van der Waals surface area contributed by atoms with Gasteiger partial charge in [-0.05, 0) is 47.1 Å². The molecule has 0 bridgehead atoms. The van der Waals surface area contributed by atoms with Crippen molar-refractivity contribution in [3.63, 3.8) is 0 Å². The summed E-state index contributed by atoms with van der Waals surface area (Å²) in [5.74, 6) is 1.17. The molecule has 3 heterocycles. The lowest BCUT2D eigenvalue weighted by atomic mass is 10.2. The van der Waals surface area contributed by atoms with Crippen LogP contribution in [0.3, 0.4) is 0 Å². The molecule has 3 rings (SSSR count). The zero-order chi connectivity index (χ0) is 25.9. The van der Waals surface area contributed by atoms with Crippen LogP contribution >= 0.6 is 11.3 Å². The van der Waals surface area contributed by atoms with Gasteiger partial charge in [0, 0.05) is 43.4 Å². The Morgan fingerprint density at radius 2 is 1.50 bits per heavy atom. The van der Waals surface area contributed by atoms with E-state index in [-0.39, 0.29) is 24.7 Å². The highest BCUT2D eigenvalue weighted by Crippen LogP contribution is 2.14. The highest BCUT2D eigenvalue weighted by Gasteiger charge is 2.20. The second kappa shape index (κ2) is 13.8. The number of rotatable bonds is 15. The fourth-order valence-corrected chi connectivity index (χ4v) is 4.83. The van der Waals surface area contributed by atoms with Gasteiger partial charge in [-0.2, -0.15) is 0 Å². The number of aromatic nitrogens is 6. The van der Waals surface area contributed by atoms with Crippen LogP contribution in [0, 0.1) is 0 Å². The summed E-state index contributed by atoms with van der Waals surface area (Å²) in [6.45, 7) is 11.2. The molecule has 3 aromatic rings. The standard InChI is InChI=1S/C24H37N9O2S/c1-17(2)33(18(3)4)12-6-5-7-29-21(34)13-22-30-31-23(36-22)14-24(35)32(15-19-25-8-9-26-19)16-20-27-10-11-28-20/h8-11,17-18H,5-7,12-16H2,1-4H3,(H,25,26)(H,27,28)(H,29,34). The first kappa shape index (κ1) is 27.5. The largest absolute Gasteiger partial charge is 0.356 e. The number of unbranched alkanes of at least 4 members (excludes halogenated alkanes) is 1. The third-order valence-corrected chi connectivity index (χ3v) is 6.68. The van der Waals surface area contributed by atoms with Crippen LogP contribution in [0.5, 0.6) is 0 Å². The van der Waals surface area contributed by atoms with Crippen LogP contribution in [-0.2, 0) is 35.5 Å². The summed E-state index contributed by atoms with van der Waals surface area (Å²) in [4.78, 5) is 44.0. The zero-order valence-electron chi connectivity index (χ0n) is 21.5. The second-order valence-electron chi connectivity index (χ2n) is 9.25. The van der Waals surface area contributed by atoms with Crippen molar-refractivity contribution < 1.29 is 9.59 Å². The lowest BCUT2D eigenvalue weighted by Crippen LogP contribution is -2.38. The lowest BCUT2D eigenvalue weighted by Gasteiger charge is -2.30. The maximum atomic E-state index is 13.0. The third-order valence-electron chi connectivity index (χ3n) is 5.76. The molecule has 0 radical (unpaired) electrons. The highest BCUT2D eigenvalue weighted by molar-refractivity contribution is 7.11. The molecule has 12 heteroatoms. The Morgan fingerprint density at radius 1 is 0.917 bits per heavy atom. The maximum Gasteiger partial charge on any atom is 0.230 e. The Kier molecular flexibility index (Phi) is 10.6. The van der Waals surface area contributed by atoms with Crippen molar-refractivity contribution in [2.24, 2.45) is 0 Å². The summed E-state index contributed by atoms with van der Waals surface area (Å²) >= 11 is 1.29. The quantitative estimate of drug-likeness (QED) is 0.264. The molecule has 2 amide bonds. The topological polar surface area (TPSA) is 136 Å². The maximum absolute atomic E-state index is 13.0. The van der Waals surface area contributed by atoms with E-state index in [2.05, 4.69) is 68.0 Å². The summed E-state index contributed by atoms with van der Waals surface area (Å²) in [6.07, 6.45) is 8.98. The smallest absolute Gasteiger partial charge is 0.230 e. The van der Waals surface area contributed by atoms with Crippen LogP contribution in [0.15, 0.2) is 24.8 Å². The predicted octanol–water partition coefficient (Wildman–Crippen LogP) is 2.31. The Morgan fingerprint density at radius 3 is 2.03 bits per heavy atom. The number of nitrogens with one attached hydrogen (secondary N) is 3. The first-order valence-corrected chi connectivity index (χ1v) is 13.2. The first-order chi connectivity index (χ1) is 17.3. The van der Waals surface area contributed by atoms with Crippen molar-refractivity contribution in [3.05, 3.63) is 46.5 Å². The summed E-state index contributed by atoms with van der Waals surface area (Å²) in [7, 11) is 0. The van der Waals surface area contributed by atoms with E-state index in [4.69, 9.17) is 0 Å². The van der Waals surface area contributed by atoms with E-state index in [9.17, 15) is 9.59 Å². The lowest BCUT2D eigenvalue weighted by molar-refractivity contribution is -0.132. The zero-order valence-corrected chi connectivity index (χ0v) is 22.3. The predicted molar refractivity (Wildman–Crippen MR) is 138 cm³/mol. The number of aromatic amines is 2. The summed E-state index contributed by atoms with van der Waals surface area (Å²) in [5, 5.41) is 12.4. The fraction of sp³-hybridized carbons (Fsp3) is 0.583. The Hall–Kier alpha value is -3.12. The van der Waals surface area contributed by atoms with Gasteiger partial charge in [-0.25, -0.2) is 9.97 Å². The minimum Gasteiger partial charge on any atom is -0.356 e. The van der Waals surface area contributed by atoms with Gasteiger partial charge in [-0.1, -0.05) is 0 Å². The molecule has 0 aliphatic carbocycles. The normalized spacial score (nSPS) is 11.5. The minimum absolute atomic E-state index is 0.0779. The van der Waals surface area contributed by atoms with Crippen molar-refractivity contribution in [1.29, 1.82) is 0 Å². The van der Waals surface area contributed by atoms with Crippen LogP contribution in [-0.4, -0.2) is 76.9 Å². The molecule has 0 aliphatic heterocycles. The van der Waals surface area contributed by atoms with Crippen LogP contribution in [0.1, 0.15) is 62.2 Å². The molecule has 3 N–H and O–H groups in total. The molecule has 0 fully saturated rings. The van der Waals surface area contributed by atoms with Crippen LogP contribution in [0.25, 0.3) is 0 Å². The van der Waals surface area contributed by atoms with Gasteiger partial charge >= 0.3 is 0 Å². The van der Waals surface area contributed by atoms with Gasteiger partial charge in [-0.3, -0.25) is 14.5 Å². The minimum atomic E-state index is -0.119. The molecule has 0 atom stereocenters. The summed E-state index contributed by atoms with van der Waals surface area (Å²) in [5.41, 5.74) is 0. The average Bonchev–Trinajstić information content (AvgIpc) is 3.59. The molecule has 0 aromatic carbocycles. The monoisotopic (exact) mass is 515 g/mol. The summed E-state index contributed by atoms with van der Waals surface area (Å²) in [6, 6.07) is 1.03. The Balaban J connectivity index is 1.44. The van der Waals surface area contributed by atoms with Gasteiger partial charge in [0.05, 0.1) is 25.9 Å². The van der Waals surface area contributed by atoms with E-state index in [1.54, 1.807) is 29.7 Å². The number of amides is 2. The molecular formula is C24H37N9O2S. The average molecular weight is 516 g/mol. The fourth-order valence-electron chi connectivity index (χ4n) is 3.99. The Labute approximate surface area is 216 Å². The number of hydrogen-bond donors (Lipinski definition) is 3. The third kappa shape index (κ3) is 8.83. The second-order valence-corrected chi connectivity index (χ2v) is 10.4. The van der Waals surface area contributed by atoms with Crippen molar-refractivity contribution in [2.75, 3.05) is 13.1 Å². The molecule has 0 saturated heterocycles. The molecule has 196 valence electrons. The van der Waals surface area contributed by atoms with Gasteiger partial charge in [0.1, 0.15) is 21.7 Å². The molecule has 0 unspecified atom stereocenters. The number of hydrogen-bond acceptors (Lipinski definition) is 8. The number of carbonyl (C=O) groups is 2. The van der Waals surface area contributed by atoms with Crippen LogP contribution < -0.4 is 5.32 Å². The van der Waals surface area contributed by atoms with Crippen LogP contribution in [0.2, 0.25) is 0 Å². The molecule has 0 aliphatic rings. The molecule has 0 spiro atoms. The SMILES string of the molecule is CC(C)N(CCCCNC(=O)Cc1nnc(CC(=O)N(Cc2ncc[nH]2)Cc2ncc[nH]2)s1)C(C)C. The first-order valence-electron chi connectivity index (χ1n) is 12.4. The van der Waals surface area contributed by atoms with Crippen molar-refractivity contribution >= 4 is 23.2 Å². The highest BCUT2D eigenvalue weighted by atomic mass is 32.1. The van der Waals surface area contributed by atoms with E-state index < -0.39 is 0 Å². The molecule has 11 nitrogen and oxygen atoms in total. The number of nitrogens with zero attached hydrogens (tertiary/aromatic N) is 6. The summed E-state index contributed by atoms with van der Waals surface area (Å²) < 4.78 is 0. The van der Waals surface area contributed by atoms with Crippen molar-refractivity contribution in [2.45, 2.75) is 78.6 Å². The molecule has 36 heavy (non-hydrogen) atoms.